The van der Waals surface area contributed by atoms with Gasteiger partial charge in [0.2, 0.25) is 0 Å². The first-order valence-electron chi connectivity index (χ1n) is 9.44. The van der Waals surface area contributed by atoms with Crippen molar-refractivity contribution < 1.29 is 18.8 Å². The molecule has 0 bridgehead atoms. The Balaban J connectivity index is 1.94. The molecule has 2 aliphatic rings. The van der Waals surface area contributed by atoms with E-state index in [0.717, 1.165) is 32.1 Å². The van der Waals surface area contributed by atoms with Gasteiger partial charge in [0.25, 0.3) is 0 Å². The van der Waals surface area contributed by atoms with Gasteiger partial charge in [0.1, 0.15) is 5.60 Å². The molecule has 6 heteroatoms. The molecule has 142 valence electrons. The number of nitrogens with one attached hydrogen (secondary N) is 1. The van der Waals surface area contributed by atoms with Gasteiger partial charge in [-0.15, -0.1) is 0 Å². The van der Waals surface area contributed by atoms with Crippen LogP contribution in [0.4, 0.5) is 4.79 Å². The maximum atomic E-state index is 12.0. The van der Waals surface area contributed by atoms with E-state index in [4.69, 9.17) is 14.0 Å². The van der Waals surface area contributed by atoms with Crippen LogP contribution in [0.15, 0.2) is 11.5 Å². The maximum absolute atomic E-state index is 12.0. The van der Waals surface area contributed by atoms with Crippen molar-refractivity contribution in [3.05, 3.63) is 11.5 Å². The van der Waals surface area contributed by atoms with E-state index in [9.17, 15) is 4.79 Å². The second-order valence-electron chi connectivity index (χ2n) is 9.18. The first-order chi connectivity index (χ1) is 11.4. The third-order valence-electron chi connectivity index (χ3n) is 5.22. The summed E-state index contributed by atoms with van der Waals surface area (Å²) in [5.74, 6) is 0. The monoisotopic (exact) mass is 351 g/mol. The standard InChI is InChI=1S/C19H34BNO4/c1-17(2,3)23-16(22)21-15-11-9-8-10-14(12-13-15)20-24-18(4,5)19(6,7)25-20/h10,15H,8-9,11-13H2,1-7H3,(H,21,22)/b14-10+. The molecule has 1 saturated heterocycles. The highest BCUT2D eigenvalue weighted by atomic mass is 16.7. The minimum absolute atomic E-state index is 0.126. The molecule has 0 aromatic carbocycles. The van der Waals surface area contributed by atoms with E-state index >= 15 is 0 Å². The van der Waals surface area contributed by atoms with Crippen molar-refractivity contribution in [1.29, 1.82) is 0 Å². The average Bonchev–Trinajstić information content (AvgIpc) is 2.59. The smallest absolute Gasteiger partial charge is 0.444 e. The predicted octanol–water partition coefficient (Wildman–Crippen LogP) is 4.40. The van der Waals surface area contributed by atoms with E-state index < -0.39 is 5.60 Å². The summed E-state index contributed by atoms with van der Waals surface area (Å²) in [6.07, 6.45) is 6.62. The first-order valence-corrected chi connectivity index (χ1v) is 9.44. The van der Waals surface area contributed by atoms with Gasteiger partial charge in [0.05, 0.1) is 11.2 Å². The van der Waals surface area contributed by atoms with Gasteiger partial charge in [-0.2, -0.15) is 0 Å². The number of carbonyl (C=O) groups excluding carboxylic acids is 1. The second kappa shape index (κ2) is 7.32. The van der Waals surface area contributed by atoms with Crippen LogP contribution in [0.3, 0.4) is 0 Å². The van der Waals surface area contributed by atoms with Gasteiger partial charge in [-0.25, -0.2) is 4.79 Å². The summed E-state index contributed by atoms with van der Waals surface area (Å²) in [6, 6.07) is 0.126. The average molecular weight is 351 g/mol. The summed E-state index contributed by atoms with van der Waals surface area (Å²) in [4.78, 5) is 12.0. The summed E-state index contributed by atoms with van der Waals surface area (Å²) in [7, 11) is -0.287. The molecule has 1 amide bonds. The fourth-order valence-electron chi connectivity index (χ4n) is 3.07. The Kier molecular flexibility index (Phi) is 5.94. The Morgan fingerprint density at radius 3 is 2.36 bits per heavy atom. The van der Waals surface area contributed by atoms with E-state index in [0.29, 0.717) is 0 Å². The van der Waals surface area contributed by atoms with E-state index in [1.54, 1.807) is 0 Å². The molecule has 1 heterocycles. The minimum atomic E-state index is -0.473. The molecule has 1 fully saturated rings. The highest BCUT2D eigenvalue weighted by molar-refractivity contribution is 6.54. The number of ether oxygens (including phenoxy) is 1. The quantitative estimate of drug-likeness (QED) is 0.749. The van der Waals surface area contributed by atoms with Crippen LogP contribution >= 0.6 is 0 Å². The van der Waals surface area contributed by atoms with Crippen molar-refractivity contribution in [3.63, 3.8) is 0 Å². The van der Waals surface area contributed by atoms with Crippen LogP contribution in [0.5, 0.6) is 0 Å². The molecule has 25 heavy (non-hydrogen) atoms. The van der Waals surface area contributed by atoms with Crippen LogP contribution in [0, 0.1) is 0 Å². The highest BCUT2D eigenvalue weighted by Gasteiger charge is 2.52. The van der Waals surface area contributed by atoms with Crippen molar-refractivity contribution in [2.75, 3.05) is 0 Å². The molecular formula is C19H34BNO4. The molecule has 0 radical (unpaired) electrons. The van der Waals surface area contributed by atoms with Gasteiger partial charge < -0.3 is 19.4 Å². The summed E-state index contributed by atoms with van der Waals surface area (Å²) in [5.41, 5.74) is 0.0677. The zero-order chi connectivity index (χ0) is 18.9. The lowest BCUT2D eigenvalue weighted by atomic mass is 9.73. The van der Waals surface area contributed by atoms with Gasteiger partial charge in [-0.05, 0) is 86.0 Å². The molecule has 2 rings (SSSR count). The van der Waals surface area contributed by atoms with E-state index in [1.165, 1.54) is 5.47 Å². The molecule has 1 unspecified atom stereocenters. The molecule has 1 N–H and O–H groups in total. The Morgan fingerprint density at radius 1 is 1.20 bits per heavy atom. The highest BCUT2D eigenvalue weighted by Crippen LogP contribution is 2.39. The maximum Gasteiger partial charge on any atom is 0.490 e. The molecule has 0 aromatic heterocycles. The van der Waals surface area contributed by atoms with E-state index in [-0.39, 0.29) is 30.5 Å². The molecule has 5 nitrogen and oxygen atoms in total. The zero-order valence-corrected chi connectivity index (χ0v) is 16.9. The third-order valence-corrected chi connectivity index (χ3v) is 5.22. The Labute approximate surface area is 153 Å². The lowest BCUT2D eigenvalue weighted by Gasteiger charge is -2.32. The molecule has 1 aliphatic heterocycles. The lowest BCUT2D eigenvalue weighted by Crippen LogP contribution is -2.41. The second-order valence-corrected chi connectivity index (χ2v) is 9.18. The van der Waals surface area contributed by atoms with Crippen LogP contribution in [0.25, 0.3) is 0 Å². The fraction of sp³-hybridized carbons (Fsp3) is 0.842. The van der Waals surface area contributed by atoms with Gasteiger partial charge in [-0.3, -0.25) is 0 Å². The van der Waals surface area contributed by atoms with Gasteiger partial charge in [0.15, 0.2) is 0 Å². The Bertz CT molecular complexity index is 506. The fourth-order valence-corrected chi connectivity index (χ4v) is 3.07. The number of amides is 1. The van der Waals surface area contributed by atoms with Crippen molar-refractivity contribution in [3.8, 4) is 0 Å². The zero-order valence-electron chi connectivity index (χ0n) is 16.9. The Hall–Kier alpha value is -1.01. The number of hydrogen-bond acceptors (Lipinski definition) is 4. The number of rotatable bonds is 2. The summed E-state index contributed by atoms with van der Waals surface area (Å²) in [6.45, 7) is 13.9. The van der Waals surface area contributed by atoms with Crippen molar-refractivity contribution in [2.24, 2.45) is 0 Å². The van der Waals surface area contributed by atoms with E-state index in [2.05, 4.69) is 39.1 Å². The van der Waals surface area contributed by atoms with Crippen LogP contribution in [0.1, 0.15) is 80.6 Å². The topological polar surface area (TPSA) is 56.8 Å². The number of carbonyl (C=O) groups is 1. The number of hydrogen-bond donors (Lipinski definition) is 1. The van der Waals surface area contributed by atoms with Crippen LogP contribution < -0.4 is 5.32 Å². The number of allylic oxidation sites excluding steroid dienone is 2. The van der Waals surface area contributed by atoms with Crippen molar-refractivity contribution in [2.45, 2.75) is 103 Å². The molecule has 0 saturated carbocycles. The van der Waals surface area contributed by atoms with Crippen LogP contribution in [0.2, 0.25) is 0 Å². The Morgan fingerprint density at radius 2 is 1.80 bits per heavy atom. The predicted molar refractivity (Wildman–Crippen MR) is 100 cm³/mol. The van der Waals surface area contributed by atoms with Crippen LogP contribution in [-0.2, 0) is 14.0 Å². The lowest BCUT2D eigenvalue weighted by molar-refractivity contribution is 0.00578. The van der Waals surface area contributed by atoms with Gasteiger partial charge in [0, 0.05) is 6.04 Å². The molecular weight excluding hydrogens is 317 g/mol. The number of alkyl carbamates (subject to hydrolysis) is 1. The summed E-state index contributed by atoms with van der Waals surface area (Å²) < 4.78 is 17.7. The first kappa shape index (κ1) is 20.3. The third kappa shape index (κ3) is 5.48. The molecule has 0 aromatic rings. The van der Waals surface area contributed by atoms with Gasteiger partial charge >= 0.3 is 13.2 Å². The molecule has 1 atom stereocenters. The van der Waals surface area contributed by atoms with Crippen LogP contribution in [-0.4, -0.2) is 36.1 Å². The van der Waals surface area contributed by atoms with E-state index in [1.807, 2.05) is 20.8 Å². The summed E-state index contributed by atoms with van der Waals surface area (Å²) in [5, 5.41) is 3.02. The largest absolute Gasteiger partial charge is 0.490 e. The van der Waals surface area contributed by atoms with Crippen molar-refractivity contribution >= 4 is 13.2 Å². The van der Waals surface area contributed by atoms with Crippen molar-refractivity contribution in [1.82, 2.24) is 5.32 Å². The minimum Gasteiger partial charge on any atom is -0.444 e. The van der Waals surface area contributed by atoms with Gasteiger partial charge in [-0.1, -0.05) is 6.08 Å². The molecule has 1 aliphatic carbocycles. The SMILES string of the molecule is CC(C)(C)OC(=O)NC1CCC/C=C(/B2OC(C)(C)C(C)(C)O2)CC1. The normalized spacial score (nSPS) is 28.5. The summed E-state index contributed by atoms with van der Waals surface area (Å²) >= 11 is 0. The molecule has 0 spiro atoms.